The maximum atomic E-state index is 13.4. The van der Waals surface area contributed by atoms with E-state index in [0.29, 0.717) is 24.3 Å². The number of nitrogens with zero attached hydrogens (tertiary/aromatic N) is 2. The quantitative estimate of drug-likeness (QED) is 0.765. The van der Waals surface area contributed by atoms with Crippen molar-refractivity contribution in [3.8, 4) is 0 Å². The van der Waals surface area contributed by atoms with Crippen molar-refractivity contribution in [2.75, 3.05) is 19.6 Å². The van der Waals surface area contributed by atoms with Gasteiger partial charge in [0.25, 0.3) is 0 Å². The van der Waals surface area contributed by atoms with Crippen molar-refractivity contribution in [2.45, 2.75) is 63.5 Å². The van der Waals surface area contributed by atoms with Crippen LogP contribution in [0.15, 0.2) is 42.1 Å². The standard InChI is InChI=1S/C26H33N3O/c30-25(11-10-19-16-27-23-8-2-1-7-22(19)23)29-13-5-6-18-14-20-15-21(26(18)29)17-28-12-4-3-9-24(20)28/h1-2,7-8,14,16,20-21,24,26-27H,3-6,9-13,15,17H2/t20-,21+,24-,26+/m0/s1. The Morgan fingerprint density at radius 3 is 3.03 bits per heavy atom. The molecule has 30 heavy (non-hydrogen) atoms. The molecule has 4 heterocycles. The van der Waals surface area contributed by atoms with Gasteiger partial charge >= 0.3 is 0 Å². The van der Waals surface area contributed by atoms with Crippen LogP contribution in [-0.2, 0) is 11.2 Å². The van der Waals surface area contributed by atoms with E-state index in [0.717, 1.165) is 31.3 Å². The number of carbonyl (C=O) groups is 1. The Morgan fingerprint density at radius 1 is 1.13 bits per heavy atom. The van der Waals surface area contributed by atoms with Crippen molar-refractivity contribution in [2.24, 2.45) is 11.8 Å². The highest BCUT2D eigenvalue weighted by atomic mass is 16.2. The third-order valence-corrected chi connectivity index (χ3v) is 8.26. The lowest BCUT2D eigenvalue weighted by Crippen LogP contribution is -2.60. The molecule has 3 saturated heterocycles. The fourth-order valence-electron chi connectivity index (χ4n) is 6.98. The van der Waals surface area contributed by atoms with Crippen LogP contribution < -0.4 is 0 Å². The number of aromatic amines is 1. The fourth-order valence-corrected chi connectivity index (χ4v) is 6.98. The average Bonchev–Trinajstić information content (AvgIpc) is 3.20. The second-order valence-corrected chi connectivity index (χ2v) is 9.95. The Kier molecular flexibility index (Phi) is 4.71. The molecule has 1 aliphatic carbocycles. The van der Waals surface area contributed by atoms with Crippen molar-refractivity contribution in [1.29, 1.82) is 0 Å². The van der Waals surface area contributed by atoms with Crippen molar-refractivity contribution in [3.63, 3.8) is 0 Å². The number of aryl methyl sites for hydroxylation is 1. The number of nitrogens with one attached hydrogen (secondary N) is 1. The summed E-state index contributed by atoms with van der Waals surface area (Å²) in [5.74, 6) is 1.73. The van der Waals surface area contributed by atoms with Crippen LogP contribution in [0.4, 0.5) is 0 Å². The van der Waals surface area contributed by atoms with Gasteiger partial charge in [-0.05, 0) is 68.5 Å². The maximum Gasteiger partial charge on any atom is 0.223 e. The number of hydrogen-bond donors (Lipinski definition) is 1. The summed E-state index contributed by atoms with van der Waals surface area (Å²) in [5.41, 5.74) is 4.03. The van der Waals surface area contributed by atoms with Gasteiger partial charge in [-0.15, -0.1) is 0 Å². The molecule has 4 heteroatoms. The predicted molar refractivity (Wildman–Crippen MR) is 120 cm³/mol. The van der Waals surface area contributed by atoms with Crippen LogP contribution in [0.2, 0.25) is 0 Å². The van der Waals surface area contributed by atoms with Crippen LogP contribution in [0.25, 0.3) is 10.9 Å². The smallest absolute Gasteiger partial charge is 0.223 e. The number of likely N-dealkylation sites (tertiary alicyclic amines) is 1. The van der Waals surface area contributed by atoms with Crippen LogP contribution in [0, 0.1) is 11.8 Å². The molecule has 0 spiro atoms. The number of piperidine rings is 3. The molecule has 4 atom stereocenters. The Labute approximate surface area is 179 Å². The van der Waals surface area contributed by atoms with E-state index in [-0.39, 0.29) is 0 Å². The molecule has 158 valence electrons. The highest BCUT2D eigenvalue weighted by molar-refractivity contribution is 5.84. The van der Waals surface area contributed by atoms with E-state index < -0.39 is 0 Å². The van der Waals surface area contributed by atoms with Gasteiger partial charge in [0, 0.05) is 42.7 Å². The number of para-hydroxylation sites is 1. The summed E-state index contributed by atoms with van der Waals surface area (Å²) in [6.45, 7) is 3.41. The zero-order valence-electron chi connectivity index (χ0n) is 17.9. The van der Waals surface area contributed by atoms with E-state index in [1.807, 2.05) is 0 Å². The molecular formula is C26H33N3O. The van der Waals surface area contributed by atoms with Crippen LogP contribution in [-0.4, -0.2) is 52.4 Å². The van der Waals surface area contributed by atoms with E-state index in [4.69, 9.17) is 0 Å². The number of aromatic nitrogens is 1. The summed E-state index contributed by atoms with van der Waals surface area (Å²) >= 11 is 0. The van der Waals surface area contributed by atoms with Crippen LogP contribution >= 0.6 is 0 Å². The lowest BCUT2D eigenvalue weighted by Gasteiger charge is -2.54. The highest BCUT2D eigenvalue weighted by Crippen LogP contribution is 2.45. The van der Waals surface area contributed by atoms with Crippen molar-refractivity contribution < 1.29 is 4.79 Å². The highest BCUT2D eigenvalue weighted by Gasteiger charge is 2.46. The van der Waals surface area contributed by atoms with Gasteiger partial charge in [-0.3, -0.25) is 9.69 Å². The normalized spacial score (nSPS) is 31.2. The first-order chi connectivity index (χ1) is 14.8. The summed E-state index contributed by atoms with van der Waals surface area (Å²) in [7, 11) is 0. The molecule has 4 aliphatic rings. The number of H-pyrrole nitrogens is 1. The number of carbonyl (C=O) groups excluding carboxylic acids is 1. The first kappa shape index (κ1) is 18.7. The maximum absolute atomic E-state index is 13.4. The topological polar surface area (TPSA) is 39.3 Å². The van der Waals surface area contributed by atoms with E-state index in [2.05, 4.69) is 51.3 Å². The van der Waals surface area contributed by atoms with Crippen molar-refractivity contribution >= 4 is 16.8 Å². The lowest BCUT2D eigenvalue weighted by atomic mass is 9.68. The minimum atomic E-state index is 0.357. The molecule has 2 aromatic rings. The number of fused-ring (bicyclic) bond motifs is 7. The van der Waals surface area contributed by atoms with Gasteiger partial charge in [0.05, 0.1) is 6.04 Å². The molecule has 1 amide bonds. The minimum absolute atomic E-state index is 0.357. The molecule has 3 aliphatic heterocycles. The van der Waals surface area contributed by atoms with E-state index in [9.17, 15) is 4.79 Å². The van der Waals surface area contributed by atoms with Crippen LogP contribution in [0.5, 0.6) is 0 Å². The summed E-state index contributed by atoms with van der Waals surface area (Å²) < 4.78 is 0. The van der Waals surface area contributed by atoms with Crippen molar-refractivity contribution in [1.82, 2.24) is 14.8 Å². The molecule has 0 unspecified atom stereocenters. The molecule has 6 rings (SSSR count). The second-order valence-electron chi connectivity index (χ2n) is 9.95. The minimum Gasteiger partial charge on any atom is -0.361 e. The van der Waals surface area contributed by atoms with Gasteiger partial charge < -0.3 is 9.88 Å². The van der Waals surface area contributed by atoms with Gasteiger partial charge in [-0.2, -0.15) is 0 Å². The molecule has 2 bridgehead atoms. The SMILES string of the molecule is O=C(CCc1c[nH]c2ccccc12)N1CCCC2=C[C@H]3C[C@H](CN4CCCC[C@@H]34)[C@@H]21. The Morgan fingerprint density at radius 2 is 2.07 bits per heavy atom. The van der Waals surface area contributed by atoms with E-state index >= 15 is 0 Å². The third kappa shape index (κ3) is 3.11. The molecule has 4 nitrogen and oxygen atoms in total. The predicted octanol–water partition coefficient (Wildman–Crippen LogP) is 4.52. The summed E-state index contributed by atoms with van der Waals surface area (Å²) in [5, 5.41) is 1.26. The third-order valence-electron chi connectivity index (χ3n) is 8.26. The lowest BCUT2D eigenvalue weighted by molar-refractivity contribution is -0.136. The fraction of sp³-hybridized carbons (Fsp3) is 0.577. The summed E-state index contributed by atoms with van der Waals surface area (Å²) in [6, 6.07) is 9.55. The number of benzene rings is 1. The molecular weight excluding hydrogens is 370 g/mol. The van der Waals surface area contributed by atoms with Gasteiger partial charge in [0.1, 0.15) is 0 Å². The molecule has 0 saturated carbocycles. The first-order valence-corrected chi connectivity index (χ1v) is 12.1. The van der Waals surface area contributed by atoms with Crippen molar-refractivity contribution in [3.05, 3.63) is 47.7 Å². The molecule has 0 radical (unpaired) electrons. The largest absolute Gasteiger partial charge is 0.361 e. The van der Waals surface area contributed by atoms with Gasteiger partial charge in [0.15, 0.2) is 0 Å². The Bertz CT molecular complexity index is 976. The molecule has 1 N–H and O–H groups in total. The number of rotatable bonds is 3. The second kappa shape index (κ2) is 7.56. The number of amides is 1. The van der Waals surface area contributed by atoms with E-state index in [1.165, 1.54) is 61.7 Å². The van der Waals surface area contributed by atoms with Gasteiger partial charge in [0.2, 0.25) is 5.91 Å². The first-order valence-electron chi connectivity index (χ1n) is 12.1. The zero-order valence-corrected chi connectivity index (χ0v) is 17.9. The van der Waals surface area contributed by atoms with Gasteiger partial charge in [-0.25, -0.2) is 0 Å². The van der Waals surface area contributed by atoms with E-state index in [1.54, 1.807) is 5.57 Å². The average molecular weight is 404 g/mol. The Hall–Kier alpha value is -2.07. The van der Waals surface area contributed by atoms with Gasteiger partial charge in [-0.1, -0.05) is 36.3 Å². The molecule has 1 aromatic carbocycles. The summed E-state index contributed by atoms with van der Waals surface area (Å²) in [4.78, 5) is 21.8. The Balaban J connectivity index is 1.20. The molecule has 1 aromatic heterocycles. The van der Waals surface area contributed by atoms with Crippen LogP contribution in [0.3, 0.4) is 0 Å². The van der Waals surface area contributed by atoms with Crippen LogP contribution in [0.1, 0.15) is 50.5 Å². The zero-order chi connectivity index (χ0) is 20.1. The molecule has 3 fully saturated rings. The summed E-state index contributed by atoms with van der Waals surface area (Å²) in [6.07, 6.45) is 13.9. The monoisotopic (exact) mass is 403 g/mol. The number of hydrogen-bond acceptors (Lipinski definition) is 2.